The molecule has 0 fully saturated rings. The normalized spacial score (nSPS) is 12.7. The average molecular weight is 283 g/mol. The molecule has 4 heteroatoms. The van der Waals surface area contributed by atoms with Gasteiger partial charge in [0.25, 0.3) is 0 Å². The molecule has 0 aromatic carbocycles. The average Bonchev–Trinajstić information content (AvgIpc) is 2.95. The zero-order valence-electron chi connectivity index (χ0n) is 12.3. The number of hydrogen-bond donors (Lipinski definition) is 1. The molecule has 0 aliphatic carbocycles. The largest absolute Gasteiger partial charge is 0.323 e. The Kier molecular flexibility index (Phi) is 9.91. The van der Waals surface area contributed by atoms with E-state index in [0.717, 1.165) is 11.3 Å². The molecule has 0 radical (unpaired) electrons. The Bertz CT molecular complexity index is 288. The summed E-state index contributed by atoms with van der Waals surface area (Å²) in [7, 11) is 0. The number of hydrogen-bond acceptors (Lipinski definition) is 4. The molecule has 1 heterocycles. The van der Waals surface area contributed by atoms with E-state index in [0.29, 0.717) is 0 Å². The van der Waals surface area contributed by atoms with Crippen LogP contribution in [0.4, 0.5) is 0 Å². The van der Waals surface area contributed by atoms with E-state index < -0.39 is 0 Å². The maximum Gasteiger partial charge on any atom is 0.0669 e. The highest BCUT2D eigenvalue weighted by atomic mass is 32.1. The van der Waals surface area contributed by atoms with Crippen molar-refractivity contribution in [3.8, 4) is 0 Å². The van der Waals surface area contributed by atoms with Gasteiger partial charge in [-0.05, 0) is 18.0 Å². The van der Waals surface area contributed by atoms with Crippen molar-refractivity contribution in [1.82, 2.24) is 9.59 Å². The molecule has 110 valence electrons. The van der Waals surface area contributed by atoms with Gasteiger partial charge in [0.05, 0.1) is 11.1 Å². The summed E-state index contributed by atoms with van der Waals surface area (Å²) in [6, 6.07) is 0.147. The first-order valence-electron chi connectivity index (χ1n) is 7.87. The number of aromatic nitrogens is 2. The summed E-state index contributed by atoms with van der Waals surface area (Å²) in [4.78, 5) is 1.12. The maximum absolute atomic E-state index is 6.08. The van der Waals surface area contributed by atoms with Crippen LogP contribution in [0.1, 0.15) is 88.5 Å². The van der Waals surface area contributed by atoms with Crippen LogP contribution < -0.4 is 5.73 Å². The number of unbranched alkanes of at least 4 members (excludes halogenated alkanes) is 9. The first-order chi connectivity index (χ1) is 9.34. The Morgan fingerprint density at radius 1 is 1.00 bits per heavy atom. The molecule has 0 spiro atoms. The predicted octanol–water partition coefficient (Wildman–Crippen LogP) is 4.85. The fourth-order valence-corrected chi connectivity index (χ4v) is 2.87. The predicted molar refractivity (Wildman–Crippen MR) is 83.3 cm³/mol. The van der Waals surface area contributed by atoms with Crippen LogP contribution in [0.3, 0.4) is 0 Å². The summed E-state index contributed by atoms with van der Waals surface area (Å²) in [6.07, 6.45) is 16.6. The Labute approximate surface area is 122 Å². The van der Waals surface area contributed by atoms with Crippen LogP contribution in [-0.2, 0) is 0 Å². The Balaban J connectivity index is 1.83. The number of nitrogens with zero attached hydrogens (tertiary/aromatic N) is 2. The van der Waals surface area contributed by atoms with Gasteiger partial charge in [0.1, 0.15) is 0 Å². The first-order valence-corrected chi connectivity index (χ1v) is 8.64. The van der Waals surface area contributed by atoms with Crippen molar-refractivity contribution < 1.29 is 0 Å². The van der Waals surface area contributed by atoms with Crippen molar-refractivity contribution in [2.45, 2.75) is 83.6 Å². The summed E-state index contributed by atoms with van der Waals surface area (Å²) in [5.41, 5.74) is 6.08. The number of nitrogens with two attached hydrogens (primary N) is 1. The van der Waals surface area contributed by atoms with Crippen LogP contribution in [0, 0.1) is 0 Å². The lowest BCUT2D eigenvalue weighted by Crippen LogP contribution is -2.08. The van der Waals surface area contributed by atoms with Crippen LogP contribution in [0.25, 0.3) is 0 Å². The van der Waals surface area contributed by atoms with Crippen LogP contribution in [-0.4, -0.2) is 9.59 Å². The van der Waals surface area contributed by atoms with Crippen LogP contribution in [0.2, 0.25) is 0 Å². The second kappa shape index (κ2) is 11.4. The number of rotatable bonds is 12. The molecule has 1 unspecified atom stereocenters. The first kappa shape index (κ1) is 16.6. The van der Waals surface area contributed by atoms with Crippen molar-refractivity contribution in [2.24, 2.45) is 5.73 Å². The lowest BCUT2D eigenvalue weighted by molar-refractivity contribution is 0.531. The molecule has 0 amide bonds. The fraction of sp³-hybridized carbons (Fsp3) is 0.867. The topological polar surface area (TPSA) is 51.8 Å². The molecule has 0 bridgehead atoms. The van der Waals surface area contributed by atoms with E-state index in [1.807, 2.05) is 0 Å². The lowest BCUT2D eigenvalue weighted by Gasteiger charge is -2.07. The summed E-state index contributed by atoms with van der Waals surface area (Å²) >= 11 is 1.43. The quantitative estimate of drug-likeness (QED) is 0.558. The molecule has 1 atom stereocenters. The molecule has 0 saturated heterocycles. The van der Waals surface area contributed by atoms with Gasteiger partial charge < -0.3 is 5.73 Å². The third kappa shape index (κ3) is 8.32. The van der Waals surface area contributed by atoms with Crippen molar-refractivity contribution in [1.29, 1.82) is 0 Å². The molecule has 0 aliphatic heterocycles. The third-order valence-corrected chi connectivity index (χ3v) is 4.41. The minimum atomic E-state index is 0.147. The highest BCUT2D eigenvalue weighted by molar-refractivity contribution is 7.05. The zero-order valence-corrected chi connectivity index (χ0v) is 13.1. The smallest absolute Gasteiger partial charge is 0.0669 e. The van der Waals surface area contributed by atoms with Gasteiger partial charge in [0, 0.05) is 6.04 Å². The Morgan fingerprint density at radius 3 is 2.11 bits per heavy atom. The molecule has 1 aromatic heterocycles. The van der Waals surface area contributed by atoms with E-state index in [4.69, 9.17) is 5.73 Å². The molecule has 2 N–H and O–H groups in total. The molecule has 1 rings (SSSR count). The summed E-state index contributed by atoms with van der Waals surface area (Å²) in [5, 5.41) is 3.83. The van der Waals surface area contributed by atoms with Gasteiger partial charge in [0.15, 0.2) is 0 Å². The third-order valence-electron chi connectivity index (χ3n) is 3.61. The minimum absolute atomic E-state index is 0.147. The second-order valence-corrected chi connectivity index (χ2v) is 6.21. The van der Waals surface area contributed by atoms with E-state index in [9.17, 15) is 0 Å². The van der Waals surface area contributed by atoms with E-state index >= 15 is 0 Å². The molecule has 19 heavy (non-hydrogen) atoms. The van der Waals surface area contributed by atoms with Crippen molar-refractivity contribution in [3.05, 3.63) is 11.1 Å². The summed E-state index contributed by atoms with van der Waals surface area (Å²) in [5.74, 6) is 0. The van der Waals surface area contributed by atoms with Gasteiger partial charge in [-0.15, -0.1) is 5.10 Å². The monoisotopic (exact) mass is 283 g/mol. The summed E-state index contributed by atoms with van der Waals surface area (Å²) in [6.45, 7) is 2.27. The highest BCUT2D eigenvalue weighted by Crippen LogP contribution is 2.19. The van der Waals surface area contributed by atoms with Crippen LogP contribution in [0.5, 0.6) is 0 Å². The Hall–Kier alpha value is -0.480. The summed E-state index contributed by atoms with van der Waals surface area (Å²) < 4.78 is 3.85. The fourth-order valence-electron chi connectivity index (χ4n) is 2.33. The highest BCUT2D eigenvalue weighted by Gasteiger charge is 2.07. The standard InChI is InChI=1S/C15H29N3S/c1-2-3-4-5-6-7-8-9-10-11-12-14(16)15-13-17-18-19-15/h13-14H,2-12,16H2,1H3. The zero-order chi connectivity index (χ0) is 13.8. The SMILES string of the molecule is CCCCCCCCCCCCC(N)c1cnns1. The lowest BCUT2D eigenvalue weighted by atomic mass is 10.0. The molecule has 0 saturated carbocycles. The van der Waals surface area contributed by atoms with Gasteiger partial charge in [-0.1, -0.05) is 75.6 Å². The van der Waals surface area contributed by atoms with Gasteiger partial charge in [-0.2, -0.15) is 0 Å². The van der Waals surface area contributed by atoms with Crippen molar-refractivity contribution in [2.75, 3.05) is 0 Å². The van der Waals surface area contributed by atoms with Crippen LogP contribution >= 0.6 is 11.5 Å². The van der Waals surface area contributed by atoms with Gasteiger partial charge in [-0.25, -0.2) is 0 Å². The van der Waals surface area contributed by atoms with Gasteiger partial charge in [-0.3, -0.25) is 0 Å². The van der Waals surface area contributed by atoms with Gasteiger partial charge >= 0.3 is 0 Å². The van der Waals surface area contributed by atoms with Gasteiger partial charge in [0.2, 0.25) is 0 Å². The van der Waals surface area contributed by atoms with E-state index in [1.165, 1.54) is 75.7 Å². The van der Waals surface area contributed by atoms with Crippen molar-refractivity contribution >= 4 is 11.5 Å². The van der Waals surface area contributed by atoms with E-state index in [1.54, 1.807) is 6.20 Å². The van der Waals surface area contributed by atoms with Crippen LogP contribution in [0.15, 0.2) is 6.20 Å². The molecule has 0 aliphatic rings. The molecular formula is C15H29N3S. The maximum atomic E-state index is 6.08. The van der Waals surface area contributed by atoms with E-state index in [2.05, 4.69) is 16.5 Å². The second-order valence-electron chi connectivity index (χ2n) is 5.40. The van der Waals surface area contributed by atoms with E-state index in [-0.39, 0.29) is 6.04 Å². The molecular weight excluding hydrogens is 254 g/mol. The molecule has 3 nitrogen and oxygen atoms in total. The minimum Gasteiger partial charge on any atom is -0.323 e. The Morgan fingerprint density at radius 2 is 1.58 bits per heavy atom. The molecule has 1 aromatic rings. The van der Waals surface area contributed by atoms with Crippen molar-refractivity contribution in [3.63, 3.8) is 0 Å².